The van der Waals surface area contributed by atoms with Gasteiger partial charge in [0, 0.05) is 11.5 Å². The van der Waals surface area contributed by atoms with Crippen LogP contribution in [0.1, 0.15) is 48.9 Å². The van der Waals surface area contributed by atoms with Crippen LogP contribution < -0.4 is 0 Å². The summed E-state index contributed by atoms with van der Waals surface area (Å²) in [7, 11) is 0. The molecule has 5 nitrogen and oxygen atoms in total. The van der Waals surface area contributed by atoms with Crippen molar-refractivity contribution in [3.63, 3.8) is 0 Å². The first-order chi connectivity index (χ1) is 9.15. The molecule has 1 heterocycles. The number of benzene rings is 1. The molecule has 0 aliphatic carbocycles. The van der Waals surface area contributed by atoms with Crippen molar-refractivity contribution in [2.45, 2.75) is 32.6 Å². The molecule has 1 N–H and O–H groups in total. The zero-order chi connectivity index (χ0) is 13.8. The Labute approximate surface area is 111 Å². The first kappa shape index (κ1) is 13.3. The van der Waals surface area contributed by atoms with Gasteiger partial charge in [0.1, 0.15) is 0 Å². The largest absolute Gasteiger partial charge is 0.478 e. The van der Waals surface area contributed by atoms with Crippen molar-refractivity contribution in [3.8, 4) is 11.4 Å². The molecule has 0 aliphatic heterocycles. The van der Waals surface area contributed by atoms with Gasteiger partial charge in [0.15, 0.2) is 0 Å². The van der Waals surface area contributed by atoms with E-state index >= 15 is 0 Å². The minimum atomic E-state index is -0.967. The average Bonchev–Trinajstić information content (AvgIpc) is 2.90. The van der Waals surface area contributed by atoms with Gasteiger partial charge in [-0.25, -0.2) is 4.79 Å². The molecular weight excluding hydrogens is 244 g/mol. The van der Waals surface area contributed by atoms with Crippen LogP contribution in [0.25, 0.3) is 11.4 Å². The van der Waals surface area contributed by atoms with Crippen molar-refractivity contribution >= 4 is 5.97 Å². The van der Waals surface area contributed by atoms with E-state index in [-0.39, 0.29) is 11.5 Å². The summed E-state index contributed by atoms with van der Waals surface area (Å²) in [6, 6.07) is 6.53. The van der Waals surface area contributed by atoms with Crippen LogP contribution >= 0.6 is 0 Å². The maximum atomic E-state index is 10.9. The lowest BCUT2D eigenvalue weighted by atomic mass is 10.0. The summed E-state index contributed by atoms with van der Waals surface area (Å²) < 4.78 is 5.25. The lowest BCUT2D eigenvalue weighted by molar-refractivity contribution is 0.0697. The normalized spacial score (nSPS) is 10.9. The second kappa shape index (κ2) is 5.65. The second-order valence-electron chi connectivity index (χ2n) is 4.36. The molecule has 2 aromatic rings. The van der Waals surface area contributed by atoms with E-state index in [2.05, 4.69) is 24.0 Å². The van der Waals surface area contributed by atoms with Gasteiger partial charge in [-0.15, -0.1) is 0 Å². The van der Waals surface area contributed by atoms with Gasteiger partial charge < -0.3 is 9.63 Å². The highest BCUT2D eigenvalue weighted by atomic mass is 16.5. The van der Waals surface area contributed by atoms with E-state index in [1.807, 2.05) is 0 Å². The maximum absolute atomic E-state index is 10.9. The van der Waals surface area contributed by atoms with Gasteiger partial charge in [-0.05, 0) is 25.0 Å². The standard InChI is InChI=1S/C14H16N2O3/c1-3-9(4-2)13-15-12(16-19-13)10-6-5-7-11(8-10)14(17)18/h5-9H,3-4H2,1-2H3,(H,17,18). The summed E-state index contributed by atoms with van der Waals surface area (Å²) >= 11 is 0. The summed E-state index contributed by atoms with van der Waals surface area (Å²) in [5.41, 5.74) is 0.868. The number of aromatic carboxylic acids is 1. The molecule has 0 radical (unpaired) electrons. The quantitative estimate of drug-likeness (QED) is 0.892. The molecule has 0 unspecified atom stereocenters. The summed E-state index contributed by atoms with van der Waals surface area (Å²) in [5.74, 6) is 0.334. The van der Waals surface area contributed by atoms with Crippen LogP contribution in [0, 0.1) is 0 Å². The Kier molecular flexibility index (Phi) is 3.94. The van der Waals surface area contributed by atoms with E-state index in [0.29, 0.717) is 17.3 Å². The van der Waals surface area contributed by atoms with Crippen molar-refractivity contribution in [2.75, 3.05) is 0 Å². The van der Waals surface area contributed by atoms with Crippen molar-refractivity contribution in [1.82, 2.24) is 10.1 Å². The molecule has 1 aromatic carbocycles. The fourth-order valence-electron chi connectivity index (χ4n) is 1.95. The fraction of sp³-hybridized carbons (Fsp3) is 0.357. The van der Waals surface area contributed by atoms with E-state index in [4.69, 9.17) is 9.63 Å². The lowest BCUT2D eigenvalue weighted by Crippen LogP contribution is -1.97. The van der Waals surface area contributed by atoms with E-state index in [1.54, 1.807) is 18.2 Å². The third-order valence-corrected chi connectivity index (χ3v) is 3.14. The highest BCUT2D eigenvalue weighted by molar-refractivity contribution is 5.89. The number of aromatic nitrogens is 2. The van der Waals surface area contributed by atoms with Crippen LogP contribution in [-0.4, -0.2) is 21.2 Å². The van der Waals surface area contributed by atoms with Gasteiger partial charge in [0.05, 0.1) is 5.56 Å². The smallest absolute Gasteiger partial charge is 0.335 e. The minimum Gasteiger partial charge on any atom is -0.478 e. The van der Waals surface area contributed by atoms with Crippen molar-refractivity contribution in [3.05, 3.63) is 35.7 Å². The SMILES string of the molecule is CCC(CC)c1nc(-c2cccc(C(=O)O)c2)no1. The highest BCUT2D eigenvalue weighted by Crippen LogP contribution is 2.24. The lowest BCUT2D eigenvalue weighted by Gasteiger charge is -2.04. The Morgan fingerprint density at radius 3 is 2.74 bits per heavy atom. The molecule has 0 amide bonds. The zero-order valence-electron chi connectivity index (χ0n) is 11.0. The maximum Gasteiger partial charge on any atom is 0.335 e. The zero-order valence-corrected chi connectivity index (χ0v) is 11.0. The monoisotopic (exact) mass is 260 g/mol. The van der Waals surface area contributed by atoms with Gasteiger partial charge in [-0.2, -0.15) is 4.98 Å². The molecule has 0 saturated heterocycles. The van der Waals surface area contributed by atoms with Crippen molar-refractivity contribution in [2.24, 2.45) is 0 Å². The van der Waals surface area contributed by atoms with Crippen LogP contribution in [0.5, 0.6) is 0 Å². The predicted molar refractivity (Wildman–Crippen MR) is 70.0 cm³/mol. The fourth-order valence-corrected chi connectivity index (χ4v) is 1.95. The number of nitrogens with zero attached hydrogens (tertiary/aromatic N) is 2. The Balaban J connectivity index is 2.32. The molecule has 1 aromatic heterocycles. The first-order valence-corrected chi connectivity index (χ1v) is 6.33. The highest BCUT2D eigenvalue weighted by Gasteiger charge is 2.16. The minimum absolute atomic E-state index is 0.214. The molecule has 0 spiro atoms. The Hall–Kier alpha value is -2.17. The number of rotatable bonds is 5. The van der Waals surface area contributed by atoms with Crippen LogP contribution in [0.15, 0.2) is 28.8 Å². The number of carboxylic acid groups (broad SMARTS) is 1. The molecule has 0 bridgehead atoms. The number of hydrogen-bond acceptors (Lipinski definition) is 4. The molecular formula is C14H16N2O3. The average molecular weight is 260 g/mol. The molecule has 100 valence electrons. The Bertz CT molecular complexity index is 574. The molecule has 0 aliphatic rings. The van der Waals surface area contributed by atoms with Crippen molar-refractivity contribution < 1.29 is 14.4 Å². The Morgan fingerprint density at radius 1 is 1.37 bits per heavy atom. The van der Waals surface area contributed by atoms with Crippen LogP contribution in [0.4, 0.5) is 0 Å². The third-order valence-electron chi connectivity index (χ3n) is 3.14. The first-order valence-electron chi connectivity index (χ1n) is 6.33. The second-order valence-corrected chi connectivity index (χ2v) is 4.36. The molecule has 5 heteroatoms. The van der Waals surface area contributed by atoms with E-state index in [0.717, 1.165) is 12.8 Å². The van der Waals surface area contributed by atoms with Crippen molar-refractivity contribution in [1.29, 1.82) is 0 Å². The van der Waals surface area contributed by atoms with Crippen LogP contribution in [0.3, 0.4) is 0 Å². The van der Waals surface area contributed by atoms with Crippen LogP contribution in [-0.2, 0) is 0 Å². The van der Waals surface area contributed by atoms with Gasteiger partial charge in [0.25, 0.3) is 0 Å². The third kappa shape index (κ3) is 2.81. The summed E-state index contributed by atoms with van der Waals surface area (Å²) in [5, 5.41) is 12.9. The van der Waals surface area contributed by atoms with Gasteiger partial charge >= 0.3 is 5.97 Å². The van der Waals surface area contributed by atoms with E-state index < -0.39 is 5.97 Å². The molecule has 0 fully saturated rings. The Morgan fingerprint density at radius 2 is 2.11 bits per heavy atom. The molecule has 19 heavy (non-hydrogen) atoms. The number of carboxylic acids is 1. The van der Waals surface area contributed by atoms with Crippen LogP contribution in [0.2, 0.25) is 0 Å². The van der Waals surface area contributed by atoms with E-state index in [9.17, 15) is 4.79 Å². The molecule has 2 rings (SSSR count). The van der Waals surface area contributed by atoms with Gasteiger partial charge in [0.2, 0.25) is 11.7 Å². The van der Waals surface area contributed by atoms with Gasteiger partial charge in [-0.3, -0.25) is 0 Å². The predicted octanol–water partition coefficient (Wildman–Crippen LogP) is 3.34. The summed E-state index contributed by atoms with van der Waals surface area (Å²) in [6.07, 6.45) is 1.88. The molecule has 0 atom stereocenters. The number of carbonyl (C=O) groups is 1. The molecule has 0 saturated carbocycles. The summed E-state index contributed by atoms with van der Waals surface area (Å²) in [4.78, 5) is 15.3. The van der Waals surface area contributed by atoms with E-state index in [1.165, 1.54) is 6.07 Å². The summed E-state index contributed by atoms with van der Waals surface area (Å²) in [6.45, 7) is 4.15. The topological polar surface area (TPSA) is 76.2 Å². The number of hydrogen-bond donors (Lipinski definition) is 1. The van der Waals surface area contributed by atoms with Gasteiger partial charge in [-0.1, -0.05) is 31.1 Å².